The molecule has 1 unspecified atom stereocenters. The number of rotatable bonds is 9. The van der Waals surface area contributed by atoms with Crippen LogP contribution >= 0.6 is 0 Å². The lowest BCUT2D eigenvalue weighted by Gasteiger charge is -2.21. The second-order valence-corrected chi connectivity index (χ2v) is 9.61. The minimum Gasteiger partial charge on any atom is -0.362 e. The van der Waals surface area contributed by atoms with Crippen molar-refractivity contribution < 1.29 is 13.2 Å². The van der Waals surface area contributed by atoms with E-state index in [0.29, 0.717) is 31.1 Å². The van der Waals surface area contributed by atoms with E-state index in [0.717, 1.165) is 17.7 Å². The average Bonchev–Trinajstić information content (AvgIpc) is 3.15. The highest BCUT2D eigenvalue weighted by atomic mass is 32.2. The van der Waals surface area contributed by atoms with Crippen molar-refractivity contribution in [3.05, 3.63) is 59.7 Å². The molecular formula is C23H31N3O3S. The summed E-state index contributed by atoms with van der Waals surface area (Å²) < 4.78 is 27.0. The zero-order valence-corrected chi connectivity index (χ0v) is 18.8. The molecule has 1 N–H and O–H groups in total. The van der Waals surface area contributed by atoms with Gasteiger partial charge in [0.25, 0.3) is 0 Å². The lowest BCUT2D eigenvalue weighted by atomic mass is 10.0. The molecular weight excluding hydrogens is 398 g/mol. The normalized spacial score (nSPS) is 14.6. The minimum absolute atomic E-state index is 0.0227. The number of nitrogens with one attached hydrogen (secondary N) is 1. The third-order valence-corrected chi connectivity index (χ3v) is 7.74. The highest BCUT2D eigenvalue weighted by Gasteiger charge is 2.26. The molecule has 162 valence electrons. The van der Waals surface area contributed by atoms with E-state index in [2.05, 4.69) is 24.4 Å². The Morgan fingerprint density at radius 3 is 2.50 bits per heavy atom. The van der Waals surface area contributed by atoms with Crippen molar-refractivity contribution in [3.63, 3.8) is 0 Å². The Kier molecular flexibility index (Phi) is 7.15. The van der Waals surface area contributed by atoms with E-state index in [1.165, 1.54) is 9.87 Å². The van der Waals surface area contributed by atoms with Gasteiger partial charge in [-0.25, -0.2) is 8.42 Å². The molecule has 0 aromatic heterocycles. The summed E-state index contributed by atoms with van der Waals surface area (Å²) in [5, 5.41) is 3.02. The van der Waals surface area contributed by atoms with Crippen molar-refractivity contribution >= 4 is 21.6 Å². The van der Waals surface area contributed by atoms with Gasteiger partial charge in [0.05, 0.1) is 11.4 Å². The Labute approximate surface area is 179 Å². The fourth-order valence-corrected chi connectivity index (χ4v) is 5.39. The van der Waals surface area contributed by atoms with Gasteiger partial charge in [-0.2, -0.15) is 4.31 Å². The summed E-state index contributed by atoms with van der Waals surface area (Å²) in [5.41, 5.74) is 3.12. The number of carbonyl (C=O) groups is 1. The standard InChI is InChI=1S/C23H31N3O3S/c1-4-26(5-2)30(28,29)21-11-12-22-20(15-21)13-14-25(22)17-23(27)24-16-18(3)19-9-7-6-8-10-19/h6-12,15,18H,4-5,13-14,16-17H2,1-3H3,(H,24,27). The first kappa shape index (κ1) is 22.3. The van der Waals surface area contributed by atoms with Gasteiger partial charge in [-0.15, -0.1) is 0 Å². The summed E-state index contributed by atoms with van der Waals surface area (Å²) in [6.45, 7) is 8.25. The Hall–Kier alpha value is -2.38. The van der Waals surface area contributed by atoms with E-state index < -0.39 is 10.0 Å². The van der Waals surface area contributed by atoms with E-state index in [4.69, 9.17) is 0 Å². The molecule has 1 aliphatic heterocycles. The van der Waals surface area contributed by atoms with Gasteiger partial charge in [0.15, 0.2) is 0 Å². The number of nitrogens with zero attached hydrogens (tertiary/aromatic N) is 2. The molecule has 0 aliphatic carbocycles. The molecule has 2 aromatic rings. The summed E-state index contributed by atoms with van der Waals surface area (Å²) in [7, 11) is -3.47. The van der Waals surface area contributed by atoms with Crippen LogP contribution in [0.3, 0.4) is 0 Å². The van der Waals surface area contributed by atoms with Crippen LogP contribution in [0.5, 0.6) is 0 Å². The van der Waals surface area contributed by atoms with Crippen LogP contribution in [-0.4, -0.2) is 51.4 Å². The molecule has 1 aliphatic rings. The monoisotopic (exact) mass is 429 g/mol. The molecule has 30 heavy (non-hydrogen) atoms. The Bertz CT molecular complexity index is 972. The molecule has 1 amide bonds. The van der Waals surface area contributed by atoms with E-state index in [1.54, 1.807) is 12.1 Å². The zero-order valence-electron chi connectivity index (χ0n) is 18.0. The molecule has 0 bridgehead atoms. The summed E-state index contributed by atoms with van der Waals surface area (Å²) in [6, 6.07) is 15.4. The number of fused-ring (bicyclic) bond motifs is 1. The Morgan fingerprint density at radius 1 is 1.13 bits per heavy atom. The van der Waals surface area contributed by atoms with Crippen LogP contribution in [0.15, 0.2) is 53.4 Å². The topological polar surface area (TPSA) is 69.7 Å². The molecule has 0 fully saturated rings. The lowest BCUT2D eigenvalue weighted by Crippen LogP contribution is -2.37. The van der Waals surface area contributed by atoms with Gasteiger partial charge < -0.3 is 10.2 Å². The van der Waals surface area contributed by atoms with Crippen LogP contribution in [0.25, 0.3) is 0 Å². The van der Waals surface area contributed by atoms with Crippen molar-refractivity contribution in [2.24, 2.45) is 0 Å². The molecule has 7 heteroatoms. The van der Waals surface area contributed by atoms with E-state index in [1.807, 2.05) is 43.0 Å². The maximum atomic E-state index is 12.8. The lowest BCUT2D eigenvalue weighted by molar-refractivity contribution is -0.119. The summed E-state index contributed by atoms with van der Waals surface area (Å²) >= 11 is 0. The molecule has 1 atom stereocenters. The Morgan fingerprint density at radius 2 is 1.83 bits per heavy atom. The van der Waals surface area contributed by atoms with Crippen molar-refractivity contribution in [3.8, 4) is 0 Å². The quantitative estimate of drug-likeness (QED) is 0.665. The smallest absolute Gasteiger partial charge is 0.243 e. The minimum atomic E-state index is -3.47. The van der Waals surface area contributed by atoms with Gasteiger partial charge in [-0.05, 0) is 41.7 Å². The first-order valence-corrected chi connectivity index (χ1v) is 12.0. The first-order valence-electron chi connectivity index (χ1n) is 10.6. The van der Waals surface area contributed by atoms with Crippen LogP contribution in [0.1, 0.15) is 37.8 Å². The largest absolute Gasteiger partial charge is 0.362 e. The number of sulfonamides is 1. The summed E-state index contributed by atoms with van der Waals surface area (Å²) in [6.07, 6.45) is 0.741. The first-order chi connectivity index (χ1) is 14.4. The number of hydrogen-bond donors (Lipinski definition) is 1. The van der Waals surface area contributed by atoms with Crippen LogP contribution in [0.4, 0.5) is 5.69 Å². The van der Waals surface area contributed by atoms with Crippen LogP contribution in [0, 0.1) is 0 Å². The molecule has 1 heterocycles. The van der Waals surface area contributed by atoms with Gasteiger partial charge in [-0.3, -0.25) is 4.79 Å². The highest BCUT2D eigenvalue weighted by molar-refractivity contribution is 7.89. The maximum absolute atomic E-state index is 12.8. The number of carbonyl (C=O) groups excluding carboxylic acids is 1. The van der Waals surface area contributed by atoms with E-state index in [9.17, 15) is 13.2 Å². The Balaban J connectivity index is 1.62. The number of anilines is 1. The number of amides is 1. The molecule has 3 rings (SSSR count). The van der Waals surface area contributed by atoms with E-state index in [-0.39, 0.29) is 18.4 Å². The highest BCUT2D eigenvalue weighted by Crippen LogP contribution is 2.31. The predicted molar refractivity (Wildman–Crippen MR) is 120 cm³/mol. The van der Waals surface area contributed by atoms with Crippen LogP contribution < -0.4 is 10.2 Å². The van der Waals surface area contributed by atoms with Gasteiger partial charge >= 0.3 is 0 Å². The molecule has 0 saturated heterocycles. The average molecular weight is 430 g/mol. The molecule has 0 spiro atoms. The van der Waals surface area contributed by atoms with Crippen LogP contribution in [-0.2, 0) is 21.2 Å². The maximum Gasteiger partial charge on any atom is 0.243 e. The fraction of sp³-hybridized carbons (Fsp3) is 0.435. The molecule has 0 radical (unpaired) electrons. The van der Waals surface area contributed by atoms with Gasteiger partial charge in [-0.1, -0.05) is 51.1 Å². The third-order valence-electron chi connectivity index (χ3n) is 5.69. The molecule has 2 aromatic carbocycles. The van der Waals surface area contributed by atoms with Gasteiger partial charge in [0.2, 0.25) is 15.9 Å². The second-order valence-electron chi connectivity index (χ2n) is 7.67. The van der Waals surface area contributed by atoms with Crippen LogP contribution in [0.2, 0.25) is 0 Å². The van der Waals surface area contributed by atoms with E-state index >= 15 is 0 Å². The van der Waals surface area contributed by atoms with Crippen molar-refractivity contribution in [2.75, 3.05) is 37.6 Å². The number of benzene rings is 2. The van der Waals surface area contributed by atoms with Gasteiger partial charge in [0.1, 0.15) is 0 Å². The zero-order chi connectivity index (χ0) is 21.7. The molecule has 0 saturated carbocycles. The van der Waals surface area contributed by atoms with Crippen molar-refractivity contribution in [1.82, 2.24) is 9.62 Å². The third kappa shape index (κ3) is 4.84. The predicted octanol–water partition coefficient (Wildman–Crippen LogP) is 3.00. The summed E-state index contributed by atoms with van der Waals surface area (Å²) in [5.74, 6) is 0.222. The summed E-state index contributed by atoms with van der Waals surface area (Å²) in [4.78, 5) is 14.8. The van der Waals surface area contributed by atoms with Gasteiger partial charge in [0, 0.05) is 31.9 Å². The second kappa shape index (κ2) is 9.62. The SMILES string of the molecule is CCN(CC)S(=O)(=O)c1ccc2c(c1)CCN2CC(=O)NCC(C)c1ccccc1. The number of hydrogen-bond acceptors (Lipinski definition) is 4. The fourth-order valence-electron chi connectivity index (χ4n) is 3.88. The van der Waals surface area contributed by atoms with Crippen molar-refractivity contribution in [2.45, 2.75) is 38.0 Å². The van der Waals surface area contributed by atoms with Crippen molar-refractivity contribution in [1.29, 1.82) is 0 Å². The molecule has 6 nitrogen and oxygen atoms in total.